The molecule has 1 aliphatic rings. The van der Waals surface area contributed by atoms with Gasteiger partial charge in [-0.05, 0) is 24.3 Å². The van der Waals surface area contributed by atoms with Crippen molar-refractivity contribution < 1.29 is 12.8 Å². The molecule has 6 heteroatoms. The van der Waals surface area contributed by atoms with E-state index in [9.17, 15) is 12.8 Å². The monoisotopic (exact) mass is 276 g/mol. The third-order valence-corrected chi connectivity index (χ3v) is 4.09. The number of hydrogen-bond acceptors (Lipinski definition) is 3. The van der Waals surface area contributed by atoms with Crippen LogP contribution in [0.1, 0.15) is 5.56 Å². The molecule has 0 amide bonds. The lowest BCUT2D eigenvalue weighted by molar-refractivity contribution is 0.599. The molecule has 0 unspecified atom stereocenters. The van der Waals surface area contributed by atoms with Gasteiger partial charge in [-0.3, -0.25) is 0 Å². The number of nitrogens with one attached hydrogen (secondary N) is 1. The van der Waals surface area contributed by atoms with Gasteiger partial charge < -0.3 is 5.32 Å². The lowest BCUT2D eigenvalue weighted by Crippen LogP contribution is -2.12. The van der Waals surface area contributed by atoms with Crippen molar-refractivity contribution in [3.63, 3.8) is 0 Å². The SMILES string of the molecule is O=S1(=O)N=C(Nc2ccccc2F)c2ccccc21. The number of halogens is 1. The predicted octanol–water partition coefficient (Wildman–Crippen LogP) is 2.39. The highest BCUT2D eigenvalue weighted by Gasteiger charge is 2.28. The van der Waals surface area contributed by atoms with Crippen molar-refractivity contribution in [1.29, 1.82) is 0 Å². The van der Waals surface area contributed by atoms with E-state index in [4.69, 9.17) is 0 Å². The van der Waals surface area contributed by atoms with Crippen LogP contribution in [0.2, 0.25) is 0 Å². The van der Waals surface area contributed by atoms with Gasteiger partial charge in [0.15, 0.2) is 5.84 Å². The van der Waals surface area contributed by atoms with E-state index in [1.807, 2.05) is 0 Å². The van der Waals surface area contributed by atoms with Crippen molar-refractivity contribution in [3.8, 4) is 0 Å². The first-order chi connectivity index (χ1) is 9.08. The van der Waals surface area contributed by atoms with Gasteiger partial charge in [0, 0.05) is 5.56 Å². The predicted molar refractivity (Wildman–Crippen MR) is 70.2 cm³/mol. The first-order valence-electron chi connectivity index (χ1n) is 5.54. The summed E-state index contributed by atoms with van der Waals surface area (Å²) >= 11 is 0. The Morgan fingerprint density at radius 1 is 1.00 bits per heavy atom. The molecule has 0 bridgehead atoms. The van der Waals surface area contributed by atoms with E-state index in [2.05, 4.69) is 9.71 Å². The summed E-state index contributed by atoms with van der Waals surface area (Å²) in [5.74, 6) is -0.326. The van der Waals surface area contributed by atoms with E-state index in [-0.39, 0.29) is 16.4 Å². The van der Waals surface area contributed by atoms with Gasteiger partial charge in [-0.25, -0.2) is 4.39 Å². The van der Waals surface area contributed by atoms with E-state index in [0.29, 0.717) is 5.56 Å². The minimum Gasteiger partial charge on any atom is -0.337 e. The van der Waals surface area contributed by atoms with Crippen molar-refractivity contribution in [3.05, 3.63) is 59.9 Å². The summed E-state index contributed by atoms with van der Waals surface area (Å²) in [6.45, 7) is 0. The summed E-state index contributed by atoms with van der Waals surface area (Å²) in [6.07, 6.45) is 0. The fourth-order valence-electron chi connectivity index (χ4n) is 1.89. The first kappa shape index (κ1) is 11.9. The van der Waals surface area contributed by atoms with E-state index in [0.717, 1.165) is 0 Å². The molecule has 19 heavy (non-hydrogen) atoms. The van der Waals surface area contributed by atoms with Crippen LogP contribution in [0.3, 0.4) is 0 Å². The number of para-hydroxylation sites is 1. The van der Waals surface area contributed by atoms with Gasteiger partial charge >= 0.3 is 0 Å². The number of amidine groups is 1. The van der Waals surface area contributed by atoms with E-state index in [1.165, 1.54) is 18.2 Å². The van der Waals surface area contributed by atoms with Gasteiger partial charge in [-0.1, -0.05) is 24.3 Å². The van der Waals surface area contributed by atoms with Gasteiger partial charge in [-0.2, -0.15) is 8.42 Å². The molecule has 0 aliphatic carbocycles. The summed E-state index contributed by atoms with van der Waals surface area (Å²) in [5, 5.41) is 2.72. The van der Waals surface area contributed by atoms with Gasteiger partial charge in [-0.15, -0.1) is 4.40 Å². The molecule has 96 valence electrons. The van der Waals surface area contributed by atoms with Crippen LogP contribution in [0.5, 0.6) is 0 Å². The van der Waals surface area contributed by atoms with E-state index >= 15 is 0 Å². The normalized spacial score (nSPS) is 15.7. The highest BCUT2D eigenvalue weighted by molar-refractivity contribution is 7.90. The van der Waals surface area contributed by atoms with Crippen molar-refractivity contribution in [2.24, 2.45) is 4.40 Å². The maximum absolute atomic E-state index is 13.5. The third-order valence-electron chi connectivity index (χ3n) is 2.76. The summed E-state index contributed by atoms with van der Waals surface area (Å²) in [5.41, 5.74) is 0.638. The minimum atomic E-state index is -3.68. The number of nitrogens with zero attached hydrogens (tertiary/aromatic N) is 1. The Balaban J connectivity index is 2.07. The average Bonchev–Trinajstić information content (AvgIpc) is 2.65. The largest absolute Gasteiger partial charge is 0.337 e. The second-order valence-electron chi connectivity index (χ2n) is 4.02. The van der Waals surface area contributed by atoms with Gasteiger partial charge in [0.05, 0.1) is 5.69 Å². The van der Waals surface area contributed by atoms with Gasteiger partial charge in [0.2, 0.25) is 0 Å². The van der Waals surface area contributed by atoms with Crippen molar-refractivity contribution in [2.75, 3.05) is 5.32 Å². The topological polar surface area (TPSA) is 58.5 Å². The fourth-order valence-corrected chi connectivity index (χ4v) is 3.06. The molecule has 0 spiro atoms. The Hall–Kier alpha value is -2.21. The lowest BCUT2D eigenvalue weighted by Gasteiger charge is -2.06. The lowest BCUT2D eigenvalue weighted by atomic mass is 10.2. The number of fused-ring (bicyclic) bond motifs is 1. The molecule has 0 atom stereocenters. The summed E-state index contributed by atoms with van der Waals surface area (Å²) in [7, 11) is -3.68. The Labute approximate surface area is 109 Å². The molecule has 1 aliphatic heterocycles. The zero-order chi connectivity index (χ0) is 13.5. The second-order valence-corrected chi connectivity index (χ2v) is 5.59. The van der Waals surface area contributed by atoms with Gasteiger partial charge in [0.25, 0.3) is 10.0 Å². The Kier molecular flexibility index (Phi) is 2.60. The molecule has 4 nitrogen and oxygen atoms in total. The average molecular weight is 276 g/mol. The molecule has 0 radical (unpaired) electrons. The Morgan fingerprint density at radius 3 is 2.47 bits per heavy atom. The van der Waals surface area contributed by atoms with Crippen molar-refractivity contribution in [1.82, 2.24) is 0 Å². The molecule has 2 aromatic carbocycles. The molecule has 0 fully saturated rings. The maximum Gasteiger partial charge on any atom is 0.285 e. The fraction of sp³-hybridized carbons (Fsp3) is 0. The highest BCUT2D eigenvalue weighted by Crippen LogP contribution is 2.27. The van der Waals surface area contributed by atoms with Crippen LogP contribution in [-0.2, 0) is 10.0 Å². The van der Waals surface area contributed by atoms with Crippen LogP contribution in [0.4, 0.5) is 10.1 Å². The first-order valence-corrected chi connectivity index (χ1v) is 6.98. The number of benzene rings is 2. The summed E-state index contributed by atoms with van der Waals surface area (Å²) < 4.78 is 40.8. The Morgan fingerprint density at radius 2 is 1.68 bits per heavy atom. The molecule has 3 rings (SSSR count). The standard InChI is InChI=1S/C13H9FN2O2S/c14-10-6-2-3-7-11(10)15-13-9-5-1-4-8-12(9)19(17,18)16-13/h1-8H,(H,15,16). The summed E-state index contributed by atoms with van der Waals surface area (Å²) in [6, 6.07) is 12.5. The smallest absolute Gasteiger partial charge is 0.285 e. The van der Waals surface area contributed by atoms with Crippen LogP contribution in [0.25, 0.3) is 0 Å². The molecule has 0 aromatic heterocycles. The number of sulfonamides is 1. The van der Waals surface area contributed by atoms with Crippen molar-refractivity contribution in [2.45, 2.75) is 4.90 Å². The highest BCUT2D eigenvalue weighted by atomic mass is 32.2. The van der Waals surface area contributed by atoms with Gasteiger partial charge in [0.1, 0.15) is 10.7 Å². The van der Waals surface area contributed by atoms with Crippen molar-refractivity contribution >= 4 is 21.5 Å². The Bertz CT molecular complexity index is 785. The van der Waals surface area contributed by atoms with Crippen LogP contribution >= 0.6 is 0 Å². The molecule has 1 heterocycles. The van der Waals surface area contributed by atoms with Crippen LogP contribution in [0, 0.1) is 5.82 Å². The third kappa shape index (κ3) is 2.00. The zero-order valence-corrected chi connectivity index (χ0v) is 10.5. The molecule has 1 N–H and O–H groups in total. The number of anilines is 1. The molecular weight excluding hydrogens is 267 g/mol. The molecule has 0 saturated carbocycles. The molecule has 0 saturated heterocycles. The van der Waals surface area contributed by atoms with E-state index in [1.54, 1.807) is 30.3 Å². The van der Waals surface area contributed by atoms with E-state index < -0.39 is 15.8 Å². The number of rotatable bonds is 1. The quantitative estimate of drug-likeness (QED) is 0.870. The summed E-state index contributed by atoms with van der Waals surface area (Å²) in [4.78, 5) is 0.133. The van der Waals surface area contributed by atoms with Crippen LogP contribution < -0.4 is 5.32 Å². The van der Waals surface area contributed by atoms with Crippen LogP contribution in [-0.4, -0.2) is 14.3 Å². The maximum atomic E-state index is 13.5. The zero-order valence-electron chi connectivity index (χ0n) is 9.67. The number of hydrogen-bond donors (Lipinski definition) is 1. The molecular formula is C13H9FN2O2S. The second kappa shape index (κ2) is 4.17. The molecule has 2 aromatic rings. The van der Waals surface area contributed by atoms with Crippen LogP contribution in [0.15, 0.2) is 57.8 Å². The minimum absolute atomic E-state index is 0.133.